The molecule has 0 aromatic heterocycles. The van der Waals surface area contributed by atoms with E-state index in [0.717, 1.165) is 43.0 Å². The minimum atomic E-state index is 0.135. The van der Waals surface area contributed by atoms with E-state index in [9.17, 15) is 4.79 Å². The standard InChI is InChI=1S/C20H25N3O/c1-16-15-17(9-10-19(16)21(2)3)20(24)23-13-11-22(12-14-23)18-7-5-4-6-8-18/h4-10,15H,11-14H2,1-3H3. The Morgan fingerprint density at radius 1 is 0.958 bits per heavy atom. The number of anilines is 2. The number of rotatable bonds is 3. The number of piperazine rings is 1. The summed E-state index contributed by atoms with van der Waals surface area (Å²) in [6.45, 7) is 5.35. The molecule has 24 heavy (non-hydrogen) atoms. The lowest BCUT2D eigenvalue weighted by atomic mass is 10.1. The van der Waals surface area contributed by atoms with Gasteiger partial charge in [0, 0.05) is 57.2 Å². The lowest BCUT2D eigenvalue weighted by Crippen LogP contribution is -2.48. The van der Waals surface area contributed by atoms with Crippen LogP contribution >= 0.6 is 0 Å². The van der Waals surface area contributed by atoms with Crippen molar-refractivity contribution >= 4 is 17.3 Å². The van der Waals surface area contributed by atoms with Gasteiger partial charge in [-0.15, -0.1) is 0 Å². The highest BCUT2D eigenvalue weighted by Crippen LogP contribution is 2.21. The van der Waals surface area contributed by atoms with Crippen LogP contribution in [0.1, 0.15) is 15.9 Å². The van der Waals surface area contributed by atoms with E-state index in [-0.39, 0.29) is 5.91 Å². The first kappa shape index (κ1) is 16.4. The van der Waals surface area contributed by atoms with Crippen LogP contribution in [0.4, 0.5) is 11.4 Å². The average Bonchev–Trinajstić information content (AvgIpc) is 2.61. The van der Waals surface area contributed by atoms with E-state index in [0.29, 0.717) is 0 Å². The van der Waals surface area contributed by atoms with Crippen molar-refractivity contribution in [3.05, 3.63) is 59.7 Å². The Bertz CT molecular complexity index is 704. The second-order valence-corrected chi connectivity index (χ2v) is 6.51. The summed E-state index contributed by atoms with van der Waals surface area (Å²) >= 11 is 0. The summed E-state index contributed by atoms with van der Waals surface area (Å²) in [5.41, 5.74) is 4.30. The zero-order valence-electron chi connectivity index (χ0n) is 14.7. The number of hydrogen-bond acceptors (Lipinski definition) is 3. The molecule has 1 fully saturated rings. The predicted octanol–water partition coefficient (Wildman–Crippen LogP) is 3.02. The first-order valence-corrected chi connectivity index (χ1v) is 8.43. The zero-order chi connectivity index (χ0) is 17.1. The SMILES string of the molecule is Cc1cc(C(=O)N2CCN(c3ccccc3)CC2)ccc1N(C)C. The maximum Gasteiger partial charge on any atom is 0.253 e. The minimum Gasteiger partial charge on any atom is -0.377 e. The van der Waals surface area contributed by atoms with Crippen molar-refractivity contribution in [1.29, 1.82) is 0 Å². The van der Waals surface area contributed by atoms with Gasteiger partial charge in [-0.1, -0.05) is 18.2 Å². The molecule has 0 atom stereocenters. The Morgan fingerprint density at radius 3 is 2.21 bits per heavy atom. The molecule has 0 unspecified atom stereocenters. The molecule has 1 saturated heterocycles. The maximum atomic E-state index is 12.8. The third-order valence-electron chi connectivity index (χ3n) is 4.61. The van der Waals surface area contributed by atoms with Crippen LogP contribution in [-0.2, 0) is 0 Å². The summed E-state index contributed by atoms with van der Waals surface area (Å²) in [6.07, 6.45) is 0. The number of aryl methyl sites for hydroxylation is 1. The van der Waals surface area contributed by atoms with E-state index in [4.69, 9.17) is 0 Å². The molecule has 0 aliphatic carbocycles. The smallest absolute Gasteiger partial charge is 0.253 e. The molecule has 0 bridgehead atoms. The molecule has 1 amide bonds. The summed E-state index contributed by atoms with van der Waals surface area (Å²) in [4.78, 5) is 19.1. The third kappa shape index (κ3) is 3.37. The molecule has 2 aromatic carbocycles. The second kappa shape index (κ2) is 6.95. The van der Waals surface area contributed by atoms with Crippen molar-refractivity contribution in [2.45, 2.75) is 6.92 Å². The van der Waals surface area contributed by atoms with Crippen molar-refractivity contribution in [2.24, 2.45) is 0 Å². The van der Waals surface area contributed by atoms with E-state index in [2.05, 4.69) is 41.0 Å². The van der Waals surface area contributed by atoms with E-state index in [1.165, 1.54) is 5.69 Å². The van der Waals surface area contributed by atoms with Crippen LogP contribution in [0.3, 0.4) is 0 Å². The Kier molecular flexibility index (Phi) is 4.74. The van der Waals surface area contributed by atoms with E-state index < -0.39 is 0 Å². The van der Waals surface area contributed by atoms with Gasteiger partial charge in [0.1, 0.15) is 0 Å². The first-order chi connectivity index (χ1) is 11.6. The lowest BCUT2D eigenvalue weighted by molar-refractivity contribution is 0.0746. The Hall–Kier alpha value is -2.49. The van der Waals surface area contributed by atoms with Crippen LogP contribution in [0.2, 0.25) is 0 Å². The van der Waals surface area contributed by atoms with Crippen molar-refractivity contribution < 1.29 is 4.79 Å². The van der Waals surface area contributed by atoms with Crippen LogP contribution in [0.15, 0.2) is 48.5 Å². The molecule has 1 aliphatic heterocycles. The highest BCUT2D eigenvalue weighted by atomic mass is 16.2. The molecule has 4 nitrogen and oxygen atoms in total. The Labute approximate surface area is 144 Å². The quantitative estimate of drug-likeness (QED) is 0.869. The molecule has 0 spiro atoms. The molecular formula is C20H25N3O. The Balaban J connectivity index is 1.66. The van der Waals surface area contributed by atoms with Crippen molar-refractivity contribution in [1.82, 2.24) is 4.90 Å². The van der Waals surface area contributed by atoms with Crippen LogP contribution in [0.5, 0.6) is 0 Å². The summed E-state index contributed by atoms with van der Waals surface area (Å²) < 4.78 is 0. The van der Waals surface area contributed by atoms with Gasteiger partial charge in [0.15, 0.2) is 0 Å². The van der Waals surface area contributed by atoms with Crippen molar-refractivity contribution in [3.8, 4) is 0 Å². The number of amides is 1. The molecule has 0 N–H and O–H groups in total. The summed E-state index contributed by atoms with van der Waals surface area (Å²) in [7, 11) is 4.04. The van der Waals surface area contributed by atoms with Gasteiger partial charge >= 0.3 is 0 Å². The third-order valence-corrected chi connectivity index (χ3v) is 4.61. The molecule has 126 valence electrons. The number of para-hydroxylation sites is 1. The van der Waals surface area contributed by atoms with Crippen LogP contribution in [0.25, 0.3) is 0 Å². The van der Waals surface area contributed by atoms with E-state index in [1.807, 2.05) is 43.3 Å². The van der Waals surface area contributed by atoms with E-state index >= 15 is 0 Å². The van der Waals surface area contributed by atoms with Gasteiger partial charge in [-0.05, 0) is 42.8 Å². The fraction of sp³-hybridized carbons (Fsp3) is 0.350. The number of carbonyl (C=O) groups excluding carboxylic acids is 1. The number of carbonyl (C=O) groups is 1. The van der Waals surface area contributed by atoms with Gasteiger partial charge in [0.25, 0.3) is 5.91 Å². The molecule has 0 radical (unpaired) electrons. The number of benzene rings is 2. The first-order valence-electron chi connectivity index (χ1n) is 8.43. The van der Waals surface area contributed by atoms with Gasteiger partial charge in [-0.2, -0.15) is 0 Å². The van der Waals surface area contributed by atoms with Crippen molar-refractivity contribution in [2.75, 3.05) is 50.1 Å². The molecular weight excluding hydrogens is 298 g/mol. The summed E-state index contributed by atoms with van der Waals surface area (Å²) in [5.74, 6) is 0.135. The maximum absolute atomic E-state index is 12.8. The number of hydrogen-bond donors (Lipinski definition) is 0. The molecule has 2 aromatic rings. The van der Waals surface area contributed by atoms with Crippen LogP contribution in [0, 0.1) is 6.92 Å². The largest absolute Gasteiger partial charge is 0.377 e. The number of nitrogens with zero attached hydrogens (tertiary/aromatic N) is 3. The van der Waals surface area contributed by atoms with Gasteiger partial charge in [0.05, 0.1) is 0 Å². The normalized spacial score (nSPS) is 14.6. The fourth-order valence-electron chi connectivity index (χ4n) is 3.28. The molecule has 3 rings (SSSR count). The van der Waals surface area contributed by atoms with Crippen LogP contribution < -0.4 is 9.80 Å². The van der Waals surface area contributed by atoms with Gasteiger partial charge in [-0.25, -0.2) is 0 Å². The monoisotopic (exact) mass is 323 g/mol. The lowest BCUT2D eigenvalue weighted by Gasteiger charge is -2.36. The molecule has 4 heteroatoms. The highest BCUT2D eigenvalue weighted by Gasteiger charge is 2.22. The predicted molar refractivity (Wildman–Crippen MR) is 100 cm³/mol. The van der Waals surface area contributed by atoms with E-state index in [1.54, 1.807) is 0 Å². The van der Waals surface area contributed by atoms with Gasteiger partial charge in [-0.3, -0.25) is 4.79 Å². The second-order valence-electron chi connectivity index (χ2n) is 6.51. The minimum absolute atomic E-state index is 0.135. The molecule has 1 heterocycles. The average molecular weight is 323 g/mol. The van der Waals surface area contributed by atoms with Crippen LogP contribution in [-0.4, -0.2) is 51.1 Å². The molecule has 1 aliphatic rings. The van der Waals surface area contributed by atoms with Gasteiger partial charge in [0.2, 0.25) is 0 Å². The Morgan fingerprint density at radius 2 is 1.62 bits per heavy atom. The summed E-state index contributed by atoms with van der Waals surface area (Å²) in [5, 5.41) is 0. The topological polar surface area (TPSA) is 26.8 Å². The highest BCUT2D eigenvalue weighted by molar-refractivity contribution is 5.95. The summed E-state index contributed by atoms with van der Waals surface area (Å²) in [6, 6.07) is 16.4. The van der Waals surface area contributed by atoms with Gasteiger partial charge < -0.3 is 14.7 Å². The zero-order valence-corrected chi connectivity index (χ0v) is 14.7. The van der Waals surface area contributed by atoms with Crippen molar-refractivity contribution in [3.63, 3.8) is 0 Å². The fourth-order valence-corrected chi connectivity index (χ4v) is 3.28. The molecule has 0 saturated carbocycles.